The SMILES string of the molecule is Cc1cccnc1NC(=O)C1CCCN(C(=O)c2nc(Cl)ccc2Cl)C1. The van der Waals surface area contributed by atoms with Crippen molar-refractivity contribution in [2.24, 2.45) is 5.92 Å². The third kappa shape index (κ3) is 4.14. The molecular formula is C18H18Cl2N4O2. The van der Waals surface area contributed by atoms with Crippen molar-refractivity contribution >= 4 is 40.8 Å². The summed E-state index contributed by atoms with van der Waals surface area (Å²) >= 11 is 12.0. The van der Waals surface area contributed by atoms with Gasteiger partial charge in [0.1, 0.15) is 16.7 Å². The van der Waals surface area contributed by atoms with Crippen LogP contribution in [0.1, 0.15) is 28.9 Å². The Morgan fingerprint density at radius 2 is 2.08 bits per heavy atom. The van der Waals surface area contributed by atoms with E-state index in [4.69, 9.17) is 23.2 Å². The van der Waals surface area contributed by atoms with Gasteiger partial charge in [-0.05, 0) is 43.5 Å². The van der Waals surface area contributed by atoms with E-state index < -0.39 is 0 Å². The van der Waals surface area contributed by atoms with Crippen molar-refractivity contribution in [3.05, 3.63) is 51.9 Å². The van der Waals surface area contributed by atoms with Gasteiger partial charge in [0.25, 0.3) is 5.91 Å². The number of hydrogen-bond acceptors (Lipinski definition) is 4. The normalized spacial score (nSPS) is 17.0. The van der Waals surface area contributed by atoms with E-state index in [1.54, 1.807) is 17.2 Å². The van der Waals surface area contributed by atoms with E-state index in [0.29, 0.717) is 25.3 Å². The molecule has 0 aliphatic carbocycles. The number of nitrogens with one attached hydrogen (secondary N) is 1. The number of aromatic nitrogens is 2. The quantitative estimate of drug-likeness (QED) is 0.809. The highest BCUT2D eigenvalue weighted by Gasteiger charge is 2.30. The van der Waals surface area contributed by atoms with E-state index in [1.165, 1.54) is 6.07 Å². The van der Waals surface area contributed by atoms with Gasteiger partial charge < -0.3 is 10.2 Å². The molecule has 6 nitrogen and oxygen atoms in total. The Morgan fingerprint density at radius 3 is 2.85 bits per heavy atom. The fourth-order valence-electron chi connectivity index (χ4n) is 2.93. The van der Waals surface area contributed by atoms with Crippen LogP contribution < -0.4 is 5.32 Å². The lowest BCUT2D eigenvalue weighted by molar-refractivity contribution is -0.121. The lowest BCUT2D eigenvalue weighted by Crippen LogP contribution is -2.44. The van der Waals surface area contributed by atoms with Gasteiger partial charge in [-0.1, -0.05) is 29.3 Å². The number of carbonyl (C=O) groups is 2. The second-order valence-corrected chi connectivity index (χ2v) is 7.01. The first-order chi connectivity index (χ1) is 12.5. The molecule has 1 N–H and O–H groups in total. The van der Waals surface area contributed by atoms with Gasteiger partial charge in [-0.15, -0.1) is 0 Å². The van der Waals surface area contributed by atoms with Crippen LogP contribution in [0, 0.1) is 12.8 Å². The smallest absolute Gasteiger partial charge is 0.274 e. The second-order valence-electron chi connectivity index (χ2n) is 6.21. The van der Waals surface area contributed by atoms with Crippen molar-refractivity contribution in [3.63, 3.8) is 0 Å². The molecule has 0 spiro atoms. The van der Waals surface area contributed by atoms with Gasteiger partial charge in [-0.3, -0.25) is 9.59 Å². The molecule has 2 amide bonds. The number of piperidine rings is 1. The first kappa shape index (κ1) is 18.6. The minimum Gasteiger partial charge on any atom is -0.336 e. The van der Waals surface area contributed by atoms with Crippen molar-refractivity contribution in [2.75, 3.05) is 18.4 Å². The number of aryl methyl sites for hydroxylation is 1. The van der Waals surface area contributed by atoms with E-state index >= 15 is 0 Å². The van der Waals surface area contributed by atoms with Crippen LogP contribution in [-0.2, 0) is 4.79 Å². The predicted molar refractivity (Wildman–Crippen MR) is 100 cm³/mol. The van der Waals surface area contributed by atoms with Crippen LogP contribution in [0.2, 0.25) is 10.2 Å². The van der Waals surface area contributed by atoms with Gasteiger partial charge in [0.15, 0.2) is 0 Å². The molecule has 0 saturated carbocycles. The fraction of sp³-hybridized carbons (Fsp3) is 0.333. The molecule has 1 aliphatic heterocycles. The largest absolute Gasteiger partial charge is 0.336 e. The highest BCUT2D eigenvalue weighted by Crippen LogP contribution is 2.23. The maximum atomic E-state index is 12.7. The Labute approximate surface area is 161 Å². The lowest BCUT2D eigenvalue weighted by atomic mass is 9.96. The summed E-state index contributed by atoms with van der Waals surface area (Å²) in [5.74, 6) is -0.231. The number of likely N-dealkylation sites (tertiary alicyclic amines) is 1. The summed E-state index contributed by atoms with van der Waals surface area (Å²) in [6, 6.07) is 6.77. The third-order valence-corrected chi connectivity index (χ3v) is 4.86. The Morgan fingerprint density at radius 1 is 1.27 bits per heavy atom. The minimum atomic E-state index is -0.316. The Kier molecular flexibility index (Phi) is 5.74. The lowest BCUT2D eigenvalue weighted by Gasteiger charge is -2.32. The molecule has 3 heterocycles. The van der Waals surface area contributed by atoms with E-state index in [0.717, 1.165) is 12.0 Å². The highest BCUT2D eigenvalue weighted by molar-refractivity contribution is 6.34. The maximum Gasteiger partial charge on any atom is 0.274 e. The summed E-state index contributed by atoms with van der Waals surface area (Å²) in [6.45, 7) is 2.74. The number of hydrogen-bond donors (Lipinski definition) is 1. The average Bonchev–Trinajstić information content (AvgIpc) is 2.65. The molecule has 2 aromatic heterocycles. The second kappa shape index (κ2) is 8.01. The van der Waals surface area contributed by atoms with Gasteiger partial charge in [-0.2, -0.15) is 0 Å². The molecule has 0 radical (unpaired) electrons. The molecule has 1 fully saturated rings. The predicted octanol–water partition coefficient (Wildman–Crippen LogP) is 3.58. The zero-order chi connectivity index (χ0) is 18.7. The number of halogens is 2. The number of amides is 2. The molecule has 0 bridgehead atoms. The Balaban J connectivity index is 1.71. The zero-order valence-corrected chi connectivity index (χ0v) is 15.7. The summed E-state index contributed by atoms with van der Waals surface area (Å²) in [4.78, 5) is 35.1. The molecule has 2 aromatic rings. The van der Waals surface area contributed by atoms with E-state index in [9.17, 15) is 9.59 Å². The topological polar surface area (TPSA) is 75.2 Å². The third-order valence-electron chi connectivity index (χ3n) is 4.35. The molecule has 0 aromatic carbocycles. The molecule has 136 valence electrons. The van der Waals surface area contributed by atoms with Gasteiger partial charge in [0, 0.05) is 19.3 Å². The number of anilines is 1. The molecule has 1 atom stereocenters. The number of rotatable bonds is 3. The van der Waals surface area contributed by atoms with Crippen LogP contribution in [0.4, 0.5) is 5.82 Å². The van der Waals surface area contributed by atoms with Crippen LogP contribution >= 0.6 is 23.2 Å². The molecular weight excluding hydrogens is 375 g/mol. The Hall–Kier alpha value is -2.18. The standard InChI is InChI=1S/C18H18Cl2N4O2/c1-11-4-2-8-21-16(11)23-17(25)12-5-3-9-24(10-12)18(26)15-13(19)6-7-14(20)22-15/h2,4,6-8,12H,3,5,9-10H2,1H3,(H,21,23,25). The Bertz CT molecular complexity index is 844. The van der Waals surface area contributed by atoms with Gasteiger partial charge >= 0.3 is 0 Å². The summed E-state index contributed by atoms with van der Waals surface area (Å²) < 4.78 is 0. The van der Waals surface area contributed by atoms with Crippen LogP contribution in [0.3, 0.4) is 0 Å². The van der Waals surface area contributed by atoms with E-state index in [-0.39, 0.29) is 33.6 Å². The summed E-state index contributed by atoms with van der Waals surface area (Å²) in [5.41, 5.74) is 1.00. The monoisotopic (exact) mass is 392 g/mol. The van der Waals surface area contributed by atoms with Gasteiger partial charge in [-0.25, -0.2) is 9.97 Å². The molecule has 3 rings (SSSR count). The molecule has 1 saturated heterocycles. The number of pyridine rings is 2. The molecule has 26 heavy (non-hydrogen) atoms. The van der Waals surface area contributed by atoms with E-state index in [1.807, 2.05) is 19.1 Å². The summed E-state index contributed by atoms with van der Waals surface area (Å²) in [5, 5.41) is 3.30. The molecule has 1 unspecified atom stereocenters. The van der Waals surface area contributed by atoms with Gasteiger partial charge in [0.05, 0.1) is 10.9 Å². The van der Waals surface area contributed by atoms with Crippen LogP contribution in [0.5, 0.6) is 0 Å². The first-order valence-electron chi connectivity index (χ1n) is 8.29. The number of carbonyl (C=O) groups excluding carboxylic acids is 2. The van der Waals surface area contributed by atoms with Crippen molar-refractivity contribution in [1.29, 1.82) is 0 Å². The van der Waals surface area contributed by atoms with Crippen LogP contribution in [0.15, 0.2) is 30.5 Å². The minimum absolute atomic E-state index is 0.112. The summed E-state index contributed by atoms with van der Waals surface area (Å²) in [7, 11) is 0. The van der Waals surface area contributed by atoms with E-state index in [2.05, 4.69) is 15.3 Å². The zero-order valence-electron chi connectivity index (χ0n) is 14.2. The molecule has 8 heteroatoms. The summed E-state index contributed by atoms with van der Waals surface area (Å²) in [6.07, 6.45) is 3.06. The molecule has 1 aliphatic rings. The average molecular weight is 393 g/mol. The van der Waals surface area contributed by atoms with Crippen molar-refractivity contribution < 1.29 is 9.59 Å². The fourth-order valence-corrected chi connectivity index (χ4v) is 3.26. The first-order valence-corrected chi connectivity index (χ1v) is 9.05. The van der Waals surface area contributed by atoms with Crippen molar-refractivity contribution in [2.45, 2.75) is 19.8 Å². The van der Waals surface area contributed by atoms with Crippen LogP contribution in [0.25, 0.3) is 0 Å². The van der Waals surface area contributed by atoms with Gasteiger partial charge in [0.2, 0.25) is 5.91 Å². The van der Waals surface area contributed by atoms with Crippen molar-refractivity contribution in [3.8, 4) is 0 Å². The number of nitrogens with zero attached hydrogens (tertiary/aromatic N) is 3. The van der Waals surface area contributed by atoms with Crippen LogP contribution in [-0.4, -0.2) is 39.8 Å². The maximum absolute atomic E-state index is 12.7. The van der Waals surface area contributed by atoms with Crippen molar-refractivity contribution in [1.82, 2.24) is 14.9 Å². The highest BCUT2D eigenvalue weighted by atomic mass is 35.5.